The standard InChI is InChI=1S/C17H11BrClNO3/c18-10-1-6-13-9(7-10)8-14(15(13)17(22)23)16(21)20-12-4-2-11(19)3-5-12/h1-7H,8H2,(H,20,21)(H,22,23). The molecule has 23 heavy (non-hydrogen) atoms. The predicted molar refractivity (Wildman–Crippen MR) is 92.5 cm³/mol. The number of carbonyl (C=O) groups is 2. The number of halogens is 2. The Morgan fingerprint density at radius 1 is 1.13 bits per heavy atom. The van der Waals surface area contributed by atoms with Crippen LogP contribution in [0.3, 0.4) is 0 Å². The second-order valence-electron chi connectivity index (χ2n) is 5.10. The van der Waals surface area contributed by atoms with E-state index in [1.165, 1.54) is 0 Å². The van der Waals surface area contributed by atoms with Gasteiger partial charge in [-0.05, 0) is 47.5 Å². The van der Waals surface area contributed by atoms with E-state index in [0.29, 0.717) is 16.3 Å². The first kappa shape index (κ1) is 15.8. The van der Waals surface area contributed by atoms with Crippen LogP contribution in [0.4, 0.5) is 5.69 Å². The van der Waals surface area contributed by atoms with Gasteiger partial charge in [-0.2, -0.15) is 0 Å². The van der Waals surface area contributed by atoms with Crippen LogP contribution in [0.5, 0.6) is 0 Å². The molecule has 6 heteroatoms. The molecule has 0 aliphatic heterocycles. The molecule has 0 radical (unpaired) electrons. The van der Waals surface area contributed by atoms with Gasteiger partial charge in [0, 0.05) is 27.2 Å². The van der Waals surface area contributed by atoms with E-state index in [1.54, 1.807) is 36.4 Å². The number of carboxylic acid groups (broad SMARTS) is 1. The first-order valence-electron chi connectivity index (χ1n) is 6.78. The largest absolute Gasteiger partial charge is 0.478 e. The topological polar surface area (TPSA) is 66.4 Å². The van der Waals surface area contributed by atoms with Gasteiger partial charge >= 0.3 is 5.97 Å². The summed E-state index contributed by atoms with van der Waals surface area (Å²) in [5.74, 6) is -1.52. The van der Waals surface area contributed by atoms with Crippen LogP contribution in [0.2, 0.25) is 5.02 Å². The maximum Gasteiger partial charge on any atom is 0.336 e. The van der Waals surface area contributed by atoms with E-state index in [9.17, 15) is 14.7 Å². The van der Waals surface area contributed by atoms with Crippen molar-refractivity contribution in [2.24, 2.45) is 0 Å². The second-order valence-corrected chi connectivity index (χ2v) is 6.45. The SMILES string of the molecule is O=C(O)C1=C(C(=O)Nc2ccc(Cl)cc2)Cc2cc(Br)ccc21. The van der Waals surface area contributed by atoms with E-state index in [0.717, 1.165) is 10.0 Å². The van der Waals surface area contributed by atoms with Crippen LogP contribution in [-0.4, -0.2) is 17.0 Å². The number of carboxylic acids is 1. The van der Waals surface area contributed by atoms with E-state index < -0.39 is 11.9 Å². The quantitative estimate of drug-likeness (QED) is 0.825. The molecule has 2 aromatic rings. The lowest BCUT2D eigenvalue weighted by Gasteiger charge is -2.07. The summed E-state index contributed by atoms with van der Waals surface area (Å²) in [5, 5.41) is 12.8. The van der Waals surface area contributed by atoms with E-state index in [-0.39, 0.29) is 17.6 Å². The molecule has 1 aliphatic rings. The zero-order valence-corrected chi connectivity index (χ0v) is 14.1. The zero-order valence-electron chi connectivity index (χ0n) is 11.8. The Balaban J connectivity index is 1.94. The number of hydrogen-bond acceptors (Lipinski definition) is 2. The van der Waals surface area contributed by atoms with Crippen LogP contribution < -0.4 is 5.32 Å². The number of fused-ring (bicyclic) bond motifs is 1. The van der Waals surface area contributed by atoms with Gasteiger partial charge in [-0.25, -0.2) is 4.79 Å². The summed E-state index contributed by atoms with van der Waals surface area (Å²) in [6, 6.07) is 12.0. The van der Waals surface area contributed by atoms with Crippen molar-refractivity contribution in [2.75, 3.05) is 5.32 Å². The molecule has 0 unspecified atom stereocenters. The first-order chi connectivity index (χ1) is 11.0. The second kappa shape index (κ2) is 6.18. The van der Waals surface area contributed by atoms with Gasteiger partial charge in [0.1, 0.15) is 0 Å². The van der Waals surface area contributed by atoms with E-state index in [4.69, 9.17) is 11.6 Å². The molecule has 0 saturated carbocycles. The molecule has 3 rings (SSSR count). The van der Waals surface area contributed by atoms with Crippen molar-refractivity contribution in [3.8, 4) is 0 Å². The minimum Gasteiger partial charge on any atom is -0.478 e. The van der Waals surface area contributed by atoms with Crippen LogP contribution in [0, 0.1) is 0 Å². The van der Waals surface area contributed by atoms with Crippen molar-refractivity contribution >= 4 is 50.7 Å². The summed E-state index contributed by atoms with van der Waals surface area (Å²) in [7, 11) is 0. The molecule has 0 heterocycles. The Hall–Kier alpha value is -2.11. The van der Waals surface area contributed by atoms with Crippen molar-refractivity contribution in [1.82, 2.24) is 0 Å². The highest BCUT2D eigenvalue weighted by Gasteiger charge is 2.30. The van der Waals surface area contributed by atoms with Gasteiger partial charge in [0.25, 0.3) is 5.91 Å². The number of amides is 1. The summed E-state index contributed by atoms with van der Waals surface area (Å²) in [6.07, 6.45) is 0.288. The third kappa shape index (κ3) is 3.16. The van der Waals surface area contributed by atoms with Crippen LogP contribution in [0.1, 0.15) is 11.1 Å². The molecule has 1 aliphatic carbocycles. The highest BCUT2D eigenvalue weighted by atomic mass is 79.9. The van der Waals surface area contributed by atoms with Gasteiger partial charge in [-0.15, -0.1) is 0 Å². The molecular formula is C17H11BrClNO3. The Morgan fingerprint density at radius 2 is 1.83 bits per heavy atom. The lowest BCUT2D eigenvalue weighted by atomic mass is 10.1. The third-order valence-corrected chi connectivity index (χ3v) is 4.34. The van der Waals surface area contributed by atoms with Crippen molar-refractivity contribution in [3.63, 3.8) is 0 Å². The monoisotopic (exact) mass is 391 g/mol. The Morgan fingerprint density at radius 3 is 2.48 bits per heavy atom. The average molecular weight is 393 g/mol. The number of nitrogens with one attached hydrogen (secondary N) is 1. The molecule has 0 fully saturated rings. The molecule has 1 amide bonds. The van der Waals surface area contributed by atoms with Crippen molar-refractivity contribution < 1.29 is 14.7 Å². The molecule has 0 aromatic heterocycles. The smallest absolute Gasteiger partial charge is 0.336 e. The molecule has 116 valence electrons. The van der Waals surface area contributed by atoms with Crippen LogP contribution in [0.15, 0.2) is 52.5 Å². The molecule has 0 saturated heterocycles. The molecule has 2 N–H and O–H groups in total. The van der Waals surface area contributed by atoms with Crippen LogP contribution >= 0.6 is 27.5 Å². The number of carbonyl (C=O) groups excluding carboxylic acids is 1. The normalized spacial score (nSPS) is 13.0. The van der Waals surface area contributed by atoms with Crippen molar-refractivity contribution in [2.45, 2.75) is 6.42 Å². The van der Waals surface area contributed by atoms with E-state index in [1.807, 2.05) is 6.07 Å². The summed E-state index contributed by atoms with van der Waals surface area (Å²) in [5.41, 5.74) is 2.27. The van der Waals surface area contributed by atoms with Gasteiger partial charge in [0.15, 0.2) is 0 Å². The lowest BCUT2D eigenvalue weighted by molar-refractivity contribution is -0.130. The fourth-order valence-electron chi connectivity index (χ4n) is 2.57. The van der Waals surface area contributed by atoms with Gasteiger partial charge in [0.2, 0.25) is 0 Å². The van der Waals surface area contributed by atoms with Gasteiger partial charge in [-0.3, -0.25) is 4.79 Å². The molecule has 0 spiro atoms. The number of aliphatic carboxylic acids is 1. The van der Waals surface area contributed by atoms with E-state index >= 15 is 0 Å². The molecule has 0 bridgehead atoms. The summed E-state index contributed by atoms with van der Waals surface area (Å²) in [4.78, 5) is 24.1. The number of rotatable bonds is 3. The lowest BCUT2D eigenvalue weighted by Crippen LogP contribution is -2.16. The third-order valence-electron chi connectivity index (χ3n) is 3.60. The Labute approximate surface area is 145 Å². The maximum absolute atomic E-state index is 12.5. The molecular weight excluding hydrogens is 382 g/mol. The maximum atomic E-state index is 12.5. The van der Waals surface area contributed by atoms with Crippen LogP contribution in [-0.2, 0) is 16.0 Å². The Kier molecular flexibility index (Phi) is 4.24. The first-order valence-corrected chi connectivity index (χ1v) is 7.95. The van der Waals surface area contributed by atoms with Crippen molar-refractivity contribution in [1.29, 1.82) is 0 Å². The molecule has 2 aromatic carbocycles. The minimum absolute atomic E-state index is 0.0546. The Bertz CT molecular complexity index is 843. The zero-order chi connectivity index (χ0) is 16.6. The van der Waals surface area contributed by atoms with Gasteiger partial charge in [-0.1, -0.05) is 33.6 Å². The van der Waals surface area contributed by atoms with Gasteiger partial charge < -0.3 is 10.4 Å². The molecule has 4 nitrogen and oxygen atoms in total. The predicted octanol–water partition coefficient (Wildman–Crippen LogP) is 4.14. The highest BCUT2D eigenvalue weighted by molar-refractivity contribution is 9.10. The molecule has 0 atom stereocenters. The van der Waals surface area contributed by atoms with Crippen LogP contribution in [0.25, 0.3) is 5.57 Å². The summed E-state index contributed by atoms with van der Waals surface area (Å²) < 4.78 is 0.848. The average Bonchev–Trinajstić information content (AvgIpc) is 2.88. The van der Waals surface area contributed by atoms with Gasteiger partial charge in [0.05, 0.1) is 5.57 Å². The van der Waals surface area contributed by atoms with E-state index in [2.05, 4.69) is 21.2 Å². The fraction of sp³-hybridized carbons (Fsp3) is 0.0588. The fourth-order valence-corrected chi connectivity index (χ4v) is 3.11. The summed E-state index contributed by atoms with van der Waals surface area (Å²) >= 11 is 9.17. The highest BCUT2D eigenvalue weighted by Crippen LogP contribution is 2.35. The number of benzene rings is 2. The number of hydrogen-bond donors (Lipinski definition) is 2. The van der Waals surface area contributed by atoms with Crippen molar-refractivity contribution in [3.05, 3.63) is 68.7 Å². The minimum atomic E-state index is -1.10. The summed E-state index contributed by atoms with van der Waals surface area (Å²) in [6.45, 7) is 0. The number of anilines is 1.